The van der Waals surface area contributed by atoms with Crippen molar-refractivity contribution in [2.75, 3.05) is 17.3 Å². The van der Waals surface area contributed by atoms with Gasteiger partial charge in [0.2, 0.25) is 5.91 Å². The lowest BCUT2D eigenvalue weighted by molar-refractivity contribution is -0.116. The average Bonchev–Trinajstić information content (AvgIpc) is 2.68. The van der Waals surface area contributed by atoms with Crippen LogP contribution in [-0.2, 0) is 24.5 Å². The van der Waals surface area contributed by atoms with E-state index in [-0.39, 0.29) is 28.9 Å². The fourth-order valence-electron chi connectivity index (χ4n) is 2.00. The number of sulfone groups is 2. The summed E-state index contributed by atoms with van der Waals surface area (Å²) in [5.41, 5.74) is 0.470. The zero-order chi connectivity index (χ0) is 15.7. The minimum Gasteiger partial charge on any atom is -0.326 e. The van der Waals surface area contributed by atoms with Gasteiger partial charge in [-0.05, 0) is 24.3 Å². The molecule has 1 amide bonds. The maximum absolute atomic E-state index is 11.8. The Hall–Kier alpha value is -1.67. The topological polar surface area (TPSA) is 97.4 Å². The Morgan fingerprint density at radius 2 is 1.90 bits per heavy atom. The van der Waals surface area contributed by atoms with Gasteiger partial charge in [-0.1, -0.05) is 6.08 Å². The molecule has 114 valence electrons. The molecule has 1 aromatic rings. The largest absolute Gasteiger partial charge is 0.326 e. The van der Waals surface area contributed by atoms with E-state index in [0.29, 0.717) is 5.69 Å². The standard InChI is InChI=1S/C13H15NO5S2/c1-20(16,17)12-4-2-11(3-5-12)14-13(15)8-10-6-7-21(18,19)9-10/h2-7,10H,8-9H2,1H3,(H,14,15)/t10-/m0/s1. The van der Waals surface area contributed by atoms with Crippen molar-refractivity contribution >= 4 is 31.3 Å². The van der Waals surface area contributed by atoms with Crippen LogP contribution in [0.2, 0.25) is 0 Å². The number of benzene rings is 1. The zero-order valence-electron chi connectivity index (χ0n) is 11.3. The molecule has 0 saturated heterocycles. The van der Waals surface area contributed by atoms with Crippen molar-refractivity contribution in [2.24, 2.45) is 5.92 Å². The van der Waals surface area contributed by atoms with Gasteiger partial charge in [-0.2, -0.15) is 0 Å². The Kier molecular flexibility index (Phi) is 4.20. The molecule has 1 heterocycles. The highest BCUT2D eigenvalue weighted by Crippen LogP contribution is 2.19. The highest BCUT2D eigenvalue weighted by Gasteiger charge is 2.23. The van der Waals surface area contributed by atoms with Gasteiger partial charge in [-0.15, -0.1) is 0 Å². The smallest absolute Gasteiger partial charge is 0.224 e. The molecule has 1 aliphatic rings. The van der Waals surface area contributed by atoms with E-state index in [0.717, 1.165) is 11.7 Å². The third-order valence-electron chi connectivity index (χ3n) is 3.02. The Labute approximate surface area is 123 Å². The first kappa shape index (κ1) is 15.7. The second-order valence-electron chi connectivity index (χ2n) is 4.97. The Morgan fingerprint density at radius 1 is 1.29 bits per heavy atom. The fourth-order valence-corrected chi connectivity index (χ4v) is 4.03. The molecule has 1 N–H and O–H groups in total. The van der Waals surface area contributed by atoms with Crippen molar-refractivity contribution in [1.82, 2.24) is 0 Å². The minimum atomic E-state index is -3.27. The van der Waals surface area contributed by atoms with E-state index in [9.17, 15) is 21.6 Å². The van der Waals surface area contributed by atoms with Gasteiger partial charge < -0.3 is 5.32 Å². The second-order valence-corrected chi connectivity index (χ2v) is 8.91. The van der Waals surface area contributed by atoms with Gasteiger partial charge in [-0.25, -0.2) is 16.8 Å². The van der Waals surface area contributed by atoms with E-state index >= 15 is 0 Å². The molecule has 0 saturated carbocycles. The molecule has 8 heteroatoms. The molecule has 0 unspecified atom stereocenters. The number of hydrogen-bond donors (Lipinski definition) is 1. The molecular weight excluding hydrogens is 314 g/mol. The average molecular weight is 329 g/mol. The number of hydrogen-bond acceptors (Lipinski definition) is 5. The van der Waals surface area contributed by atoms with Crippen molar-refractivity contribution in [3.05, 3.63) is 35.7 Å². The molecule has 0 aliphatic carbocycles. The SMILES string of the molecule is CS(=O)(=O)c1ccc(NC(=O)C[C@@H]2C=CS(=O)(=O)C2)cc1. The molecular formula is C13H15NO5S2. The number of anilines is 1. The van der Waals surface area contributed by atoms with Crippen molar-refractivity contribution in [2.45, 2.75) is 11.3 Å². The lowest BCUT2D eigenvalue weighted by Crippen LogP contribution is -2.17. The summed E-state index contributed by atoms with van der Waals surface area (Å²) in [6.45, 7) is 0. The van der Waals surface area contributed by atoms with E-state index in [1.807, 2.05) is 0 Å². The highest BCUT2D eigenvalue weighted by molar-refractivity contribution is 7.94. The predicted molar refractivity (Wildman–Crippen MR) is 79.2 cm³/mol. The molecule has 0 bridgehead atoms. The first-order chi connectivity index (χ1) is 9.66. The minimum absolute atomic E-state index is 0.0482. The van der Waals surface area contributed by atoms with Gasteiger partial charge in [0, 0.05) is 29.7 Å². The summed E-state index contributed by atoms with van der Waals surface area (Å²) in [6, 6.07) is 5.81. The highest BCUT2D eigenvalue weighted by atomic mass is 32.2. The van der Waals surface area contributed by atoms with E-state index in [1.54, 1.807) is 0 Å². The molecule has 2 rings (SSSR count). The Balaban J connectivity index is 1.96. The molecule has 1 atom stereocenters. The van der Waals surface area contributed by atoms with Crippen molar-refractivity contribution in [3.8, 4) is 0 Å². The van der Waals surface area contributed by atoms with Crippen LogP contribution in [0, 0.1) is 5.92 Å². The van der Waals surface area contributed by atoms with Crippen LogP contribution >= 0.6 is 0 Å². The van der Waals surface area contributed by atoms with Crippen molar-refractivity contribution in [1.29, 1.82) is 0 Å². The number of carbonyl (C=O) groups excluding carboxylic acids is 1. The molecule has 0 radical (unpaired) electrons. The quantitative estimate of drug-likeness (QED) is 0.888. The van der Waals surface area contributed by atoms with Gasteiger partial charge in [0.05, 0.1) is 10.6 Å². The van der Waals surface area contributed by atoms with Gasteiger partial charge >= 0.3 is 0 Å². The monoisotopic (exact) mass is 329 g/mol. The number of amides is 1. The summed E-state index contributed by atoms with van der Waals surface area (Å²) in [7, 11) is -6.43. The molecule has 21 heavy (non-hydrogen) atoms. The van der Waals surface area contributed by atoms with E-state index < -0.39 is 19.7 Å². The number of rotatable bonds is 4. The van der Waals surface area contributed by atoms with Crippen LogP contribution in [0.25, 0.3) is 0 Å². The number of allylic oxidation sites excluding steroid dienone is 1. The van der Waals surface area contributed by atoms with Crippen LogP contribution in [-0.4, -0.2) is 34.8 Å². The van der Waals surface area contributed by atoms with Gasteiger partial charge in [0.25, 0.3) is 0 Å². The summed E-state index contributed by atoms with van der Waals surface area (Å²) < 4.78 is 45.1. The lowest BCUT2D eigenvalue weighted by atomic mass is 10.1. The maximum Gasteiger partial charge on any atom is 0.224 e. The van der Waals surface area contributed by atoms with Crippen LogP contribution in [0.1, 0.15) is 6.42 Å². The normalized spacial score (nSPS) is 20.3. The molecule has 6 nitrogen and oxygen atoms in total. The van der Waals surface area contributed by atoms with E-state index in [1.165, 1.54) is 30.3 Å². The summed E-state index contributed by atoms with van der Waals surface area (Å²) in [5, 5.41) is 3.74. The van der Waals surface area contributed by atoms with Gasteiger partial charge in [0.15, 0.2) is 19.7 Å². The third kappa shape index (κ3) is 4.40. The predicted octanol–water partition coefficient (Wildman–Crippen LogP) is 0.977. The third-order valence-corrected chi connectivity index (χ3v) is 5.61. The summed E-state index contributed by atoms with van der Waals surface area (Å²) in [5.74, 6) is -0.674. The van der Waals surface area contributed by atoms with Gasteiger partial charge in [-0.3, -0.25) is 4.79 Å². The first-order valence-electron chi connectivity index (χ1n) is 6.17. The zero-order valence-corrected chi connectivity index (χ0v) is 12.9. The van der Waals surface area contributed by atoms with Crippen molar-refractivity contribution < 1.29 is 21.6 Å². The molecule has 0 aromatic heterocycles. The van der Waals surface area contributed by atoms with Crippen LogP contribution in [0.3, 0.4) is 0 Å². The van der Waals surface area contributed by atoms with E-state index in [4.69, 9.17) is 0 Å². The van der Waals surface area contributed by atoms with Crippen LogP contribution in [0.5, 0.6) is 0 Å². The molecule has 1 aliphatic heterocycles. The second kappa shape index (κ2) is 5.61. The fraction of sp³-hybridized carbons (Fsp3) is 0.308. The summed E-state index contributed by atoms with van der Waals surface area (Å²) >= 11 is 0. The van der Waals surface area contributed by atoms with Crippen LogP contribution in [0.15, 0.2) is 40.6 Å². The lowest BCUT2D eigenvalue weighted by Gasteiger charge is -2.08. The first-order valence-corrected chi connectivity index (χ1v) is 9.77. The maximum atomic E-state index is 11.8. The number of nitrogens with one attached hydrogen (secondary N) is 1. The van der Waals surface area contributed by atoms with Crippen molar-refractivity contribution in [3.63, 3.8) is 0 Å². The Bertz CT molecular complexity index is 776. The molecule has 1 aromatic carbocycles. The van der Waals surface area contributed by atoms with Crippen LogP contribution in [0.4, 0.5) is 5.69 Å². The summed E-state index contributed by atoms with van der Waals surface area (Å²) in [4.78, 5) is 12.0. The van der Waals surface area contributed by atoms with Crippen LogP contribution < -0.4 is 5.32 Å². The van der Waals surface area contributed by atoms with Gasteiger partial charge in [0.1, 0.15) is 0 Å². The molecule has 0 fully saturated rings. The number of carbonyl (C=O) groups is 1. The summed E-state index contributed by atoms with van der Waals surface area (Å²) in [6.07, 6.45) is 2.69. The van der Waals surface area contributed by atoms with E-state index in [2.05, 4.69) is 5.32 Å². The molecule has 0 spiro atoms. The Morgan fingerprint density at radius 3 is 2.38 bits per heavy atom.